The Morgan fingerprint density at radius 3 is 2.42 bits per heavy atom. The molecule has 1 nitrogen and oxygen atoms in total. The molecule has 0 aromatic rings. The highest BCUT2D eigenvalue weighted by Gasteiger charge is 2.17. The Morgan fingerprint density at radius 2 is 2.00 bits per heavy atom. The predicted octanol–water partition coefficient (Wildman–Crippen LogP) is 2.80. The maximum atomic E-state index is 5.91. The van der Waals surface area contributed by atoms with Crippen molar-refractivity contribution in [1.29, 1.82) is 0 Å². The molecule has 0 heterocycles. The Balaban J connectivity index is 3.59. The van der Waals surface area contributed by atoms with Gasteiger partial charge in [0.15, 0.2) is 9.76 Å². The molecular weight excluding hydrogens is 232 g/mol. The zero-order valence-electron chi connectivity index (χ0n) is 8.69. The van der Waals surface area contributed by atoms with Gasteiger partial charge in [-0.15, -0.1) is 0 Å². The second-order valence-corrected chi connectivity index (χ2v) is 7.92. The number of hydrogen-bond donors (Lipinski definition) is 0. The molecule has 0 aliphatic heterocycles. The van der Waals surface area contributed by atoms with E-state index in [4.69, 9.17) is 4.43 Å². The van der Waals surface area contributed by atoms with Gasteiger partial charge < -0.3 is 4.43 Å². The van der Waals surface area contributed by atoms with Crippen LogP contribution >= 0.6 is 15.9 Å². The lowest BCUT2D eigenvalue weighted by Gasteiger charge is -2.26. The first-order valence-corrected chi connectivity index (χ1v) is 7.10. The van der Waals surface area contributed by atoms with Crippen LogP contribution in [0.25, 0.3) is 0 Å². The number of hydrogen-bond acceptors (Lipinski definition) is 1. The lowest BCUT2D eigenvalue weighted by atomic mass is 10.0. The fraction of sp³-hybridized carbons (Fsp3) is 1.00. The predicted molar refractivity (Wildman–Crippen MR) is 61.6 cm³/mol. The van der Waals surface area contributed by atoms with E-state index in [1.807, 2.05) is 0 Å². The highest BCUT2D eigenvalue weighted by atomic mass is 79.9. The van der Waals surface area contributed by atoms with E-state index in [1.54, 1.807) is 0 Å². The molecule has 3 heteroatoms. The van der Waals surface area contributed by atoms with Crippen molar-refractivity contribution in [3.05, 3.63) is 0 Å². The van der Waals surface area contributed by atoms with Crippen molar-refractivity contribution in [1.82, 2.24) is 0 Å². The van der Waals surface area contributed by atoms with Gasteiger partial charge >= 0.3 is 0 Å². The van der Waals surface area contributed by atoms with E-state index in [0.29, 0.717) is 4.45 Å². The summed E-state index contributed by atoms with van der Waals surface area (Å²) in [6, 6.07) is 0. The lowest BCUT2D eigenvalue weighted by molar-refractivity contribution is 0.104. The quantitative estimate of drug-likeness (QED) is 0.522. The van der Waals surface area contributed by atoms with Gasteiger partial charge in [0.2, 0.25) is 0 Å². The standard InChI is InChI=1S/C9H21BrOSi/c1-5-7-9(3,4)11-12-8(10)6-2/h8H,5-7,12H2,1-4H3. The lowest BCUT2D eigenvalue weighted by Crippen LogP contribution is -2.29. The smallest absolute Gasteiger partial charge is 0.175 e. The van der Waals surface area contributed by atoms with Gasteiger partial charge in [0.25, 0.3) is 0 Å². The zero-order valence-corrected chi connectivity index (χ0v) is 11.7. The molecule has 0 aromatic carbocycles. The Kier molecular flexibility index (Phi) is 6.50. The van der Waals surface area contributed by atoms with Gasteiger partial charge in [0.1, 0.15) is 0 Å². The molecule has 0 aliphatic rings. The molecule has 0 aromatic heterocycles. The van der Waals surface area contributed by atoms with Crippen LogP contribution in [0.3, 0.4) is 0 Å². The molecule has 0 N–H and O–H groups in total. The first-order chi connectivity index (χ1) is 5.52. The van der Waals surface area contributed by atoms with E-state index in [9.17, 15) is 0 Å². The van der Waals surface area contributed by atoms with Crippen LogP contribution in [0.4, 0.5) is 0 Å². The number of rotatable bonds is 6. The molecule has 1 unspecified atom stereocenters. The number of halogens is 1. The summed E-state index contributed by atoms with van der Waals surface area (Å²) in [4.78, 5) is 0. The third kappa shape index (κ3) is 6.20. The van der Waals surface area contributed by atoms with Gasteiger partial charge in [0, 0.05) is 10.1 Å². The molecular formula is C9H21BrOSi. The average molecular weight is 253 g/mol. The first-order valence-electron chi connectivity index (χ1n) is 4.80. The summed E-state index contributed by atoms with van der Waals surface area (Å²) in [6.07, 6.45) is 3.57. The third-order valence-electron chi connectivity index (χ3n) is 1.95. The van der Waals surface area contributed by atoms with Crippen molar-refractivity contribution in [2.75, 3.05) is 0 Å². The van der Waals surface area contributed by atoms with E-state index in [0.717, 1.165) is 0 Å². The molecule has 0 saturated carbocycles. The monoisotopic (exact) mass is 252 g/mol. The minimum absolute atomic E-state index is 0.113. The average Bonchev–Trinajstić information content (AvgIpc) is 2.00. The van der Waals surface area contributed by atoms with Gasteiger partial charge in [-0.25, -0.2) is 0 Å². The van der Waals surface area contributed by atoms with Gasteiger partial charge in [0.05, 0.1) is 0 Å². The zero-order chi connectivity index (χ0) is 9.61. The molecule has 0 amide bonds. The van der Waals surface area contributed by atoms with Crippen LogP contribution in [-0.4, -0.2) is 19.8 Å². The third-order valence-corrected chi connectivity index (χ3v) is 5.28. The fourth-order valence-corrected chi connectivity index (χ4v) is 2.52. The molecule has 0 bridgehead atoms. The van der Waals surface area contributed by atoms with Crippen molar-refractivity contribution in [2.24, 2.45) is 0 Å². The normalized spacial score (nSPS) is 15.8. The van der Waals surface area contributed by atoms with Crippen molar-refractivity contribution in [3.63, 3.8) is 0 Å². The summed E-state index contributed by atoms with van der Waals surface area (Å²) in [5.41, 5.74) is 0.113. The van der Waals surface area contributed by atoms with Crippen LogP contribution in [0, 0.1) is 0 Å². The second-order valence-electron chi connectivity index (χ2n) is 3.83. The van der Waals surface area contributed by atoms with Crippen molar-refractivity contribution < 1.29 is 4.43 Å². The second kappa shape index (κ2) is 6.16. The molecule has 0 saturated heterocycles. The van der Waals surface area contributed by atoms with Crippen LogP contribution in [0.1, 0.15) is 47.0 Å². The topological polar surface area (TPSA) is 9.23 Å². The summed E-state index contributed by atoms with van der Waals surface area (Å²) in [6.45, 7) is 8.79. The van der Waals surface area contributed by atoms with Gasteiger partial charge in [-0.2, -0.15) is 0 Å². The van der Waals surface area contributed by atoms with Gasteiger partial charge in [-0.1, -0.05) is 36.2 Å². The van der Waals surface area contributed by atoms with Gasteiger partial charge in [-0.3, -0.25) is 0 Å². The maximum absolute atomic E-state index is 5.91. The highest BCUT2D eigenvalue weighted by Crippen LogP contribution is 2.17. The van der Waals surface area contributed by atoms with Crippen LogP contribution in [0.2, 0.25) is 0 Å². The molecule has 0 aliphatic carbocycles. The minimum Gasteiger partial charge on any atom is -0.418 e. The molecule has 0 fully saturated rings. The molecule has 1 atom stereocenters. The van der Waals surface area contributed by atoms with Crippen molar-refractivity contribution in [3.8, 4) is 0 Å². The van der Waals surface area contributed by atoms with Crippen molar-refractivity contribution >= 4 is 25.7 Å². The molecule has 74 valence electrons. The van der Waals surface area contributed by atoms with Crippen LogP contribution < -0.4 is 0 Å². The molecule has 0 radical (unpaired) electrons. The summed E-state index contributed by atoms with van der Waals surface area (Å²) in [5, 5.41) is 0. The molecule has 12 heavy (non-hydrogen) atoms. The summed E-state index contributed by atoms with van der Waals surface area (Å²) < 4.78 is 6.56. The van der Waals surface area contributed by atoms with E-state index in [-0.39, 0.29) is 15.4 Å². The Labute approximate surface area is 87.3 Å². The van der Waals surface area contributed by atoms with Crippen molar-refractivity contribution in [2.45, 2.75) is 57.0 Å². The van der Waals surface area contributed by atoms with Crippen LogP contribution in [0.5, 0.6) is 0 Å². The van der Waals surface area contributed by atoms with Gasteiger partial charge in [-0.05, 0) is 26.7 Å². The Hall–Kier alpha value is 0.657. The Morgan fingerprint density at radius 1 is 1.42 bits per heavy atom. The first kappa shape index (κ1) is 12.7. The molecule has 0 rings (SSSR count). The van der Waals surface area contributed by atoms with E-state index in [2.05, 4.69) is 43.6 Å². The minimum atomic E-state index is -0.372. The van der Waals surface area contributed by atoms with E-state index < -0.39 is 0 Å². The maximum Gasteiger partial charge on any atom is 0.175 e. The SMILES string of the molecule is CCCC(C)(C)O[SiH2]C(Br)CC. The van der Waals surface area contributed by atoms with E-state index in [1.165, 1.54) is 19.3 Å². The van der Waals surface area contributed by atoms with E-state index >= 15 is 0 Å². The number of alkyl halides is 1. The van der Waals surface area contributed by atoms with Crippen LogP contribution in [0.15, 0.2) is 0 Å². The summed E-state index contributed by atoms with van der Waals surface area (Å²) in [7, 11) is -0.372. The molecule has 0 spiro atoms. The summed E-state index contributed by atoms with van der Waals surface area (Å²) in [5.74, 6) is 0. The highest BCUT2D eigenvalue weighted by molar-refractivity contribution is 9.10. The van der Waals surface area contributed by atoms with Crippen LogP contribution in [-0.2, 0) is 4.43 Å². The summed E-state index contributed by atoms with van der Waals surface area (Å²) >= 11 is 3.62. The Bertz CT molecular complexity index is 117. The largest absolute Gasteiger partial charge is 0.418 e. The fourth-order valence-electron chi connectivity index (χ4n) is 1.11.